The molecule has 0 amide bonds. The summed E-state index contributed by atoms with van der Waals surface area (Å²) in [6.45, 7) is 2.07. The maximum absolute atomic E-state index is 12.5. The Morgan fingerprint density at radius 3 is 2.43 bits per heavy atom. The largest absolute Gasteiger partial charge is 0.573 e. The summed E-state index contributed by atoms with van der Waals surface area (Å²) in [4.78, 5) is 15.7. The number of fused-ring (bicyclic) bond motifs is 1. The highest BCUT2D eigenvalue weighted by atomic mass is 19.4. The first-order valence-electron chi connectivity index (χ1n) is 11.1. The topological polar surface area (TPSA) is 76.4 Å². The normalized spacial score (nSPS) is 12.5. The molecule has 0 aliphatic carbocycles. The molecule has 1 aromatic heterocycles. The number of aryl methyl sites for hydroxylation is 1. The summed E-state index contributed by atoms with van der Waals surface area (Å²) in [5.41, 5.74) is 4.05. The Morgan fingerprint density at radius 2 is 1.80 bits per heavy atom. The van der Waals surface area contributed by atoms with E-state index < -0.39 is 12.3 Å². The number of hydrogen-bond acceptors (Lipinski definition) is 4. The van der Waals surface area contributed by atoms with Crippen LogP contribution in [-0.4, -0.2) is 27.0 Å². The molecule has 0 radical (unpaired) electrons. The molecule has 4 aromatic rings. The summed E-state index contributed by atoms with van der Waals surface area (Å²) in [5, 5.41) is 12.2. The summed E-state index contributed by atoms with van der Waals surface area (Å²) >= 11 is 0. The van der Waals surface area contributed by atoms with Crippen molar-refractivity contribution in [2.75, 3.05) is 5.32 Å². The Morgan fingerprint density at radius 1 is 1.09 bits per heavy atom. The van der Waals surface area contributed by atoms with E-state index in [1.54, 1.807) is 0 Å². The van der Waals surface area contributed by atoms with Crippen molar-refractivity contribution >= 4 is 28.6 Å². The van der Waals surface area contributed by atoms with Gasteiger partial charge in [0.15, 0.2) is 0 Å². The number of anilines is 2. The van der Waals surface area contributed by atoms with Gasteiger partial charge in [-0.2, -0.15) is 0 Å². The van der Waals surface area contributed by atoms with E-state index in [1.807, 2.05) is 48.5 Å². The number of benzene rings is 3. The second-order valence-electron chi connectivity index (χ2n) is 8.05. The smallest absolute Gasteiger partial charge is 0.481 e. The Balaban J connectivity index is 1.74. The van der Waals surface area contributed by atoms with Crippen molar-refractivity contribution in [2.45, 2.75) is 38.6 Å². The molecule has 182 valence electrons. The molecule has 35 heavy (non-hydrogen) atoms. The molecular formula is C26H24F3N3O3. The molecule has 0 saturated heterocycles. The molecule has 4 rings (SSSR count). The monoisotopic (exact) mass is 483 g/mol. The third kappa shape index (κ3) is 5.92. The van der Waals surface area contributed by atoms with E-state index >= 15 is 0 Å². The van der Waals surface area contributed by atoms with Gasteiger partial charge in [-0.05, 0) is 60.4 Å². The molecule has 0 spiro atoms. The van der Waals surface area contributed by atoms with Crippen LogP contribution >= 0.6 is 0 Å². The lowest BCUT2D eigenvalue weighted by Gasteiger charge is -2.21. The van der Waals surface area contributed by atoms with E-state index in [9.17, 15) is 18.0 Å². The van der Waals surface area contributed by atoms with Crippen molar-refractivity contribution < 1.29 is 27.8 Å². The van der Waals surface area contributed by atoms with Crippen LogP contribution in [0.15, 0.2) is 72.8 Å². The van der Waals surface area contributed by atoms with Gasteiger partial charge in [0.05, 0.1) is 17.1 Å². The molecule has 2 N–H and O–H groups in total. The molecule has 1 heterocycles. The second-order valence-corrected chi connectivity index (χ2v) is 8.05. The van der Waals surface area contributed by atoms with Gasteiger partial charge < -0.3 is 19.7 Å². The average Bonchev–Trinajstić information content (AvgIpc) is 3.16. The fraction of sp³-hybridized carbons (Fsp3) is 0.231. The van der Waals surface area contributed by atoms with Gasteiger partial charge in [-0.3, -0.25) is 4.79 Å². The van der Waals surface area contributed by atoms with Crippen LogP contribution in [0.2, 0.25) is 0 Å². The van der Waals surface area contributed by atoms with Gasteiger partial charge in [-0.1, -0.05) is 43.3 Å². The maximum Gasteiger partial charge on any atom is 0.573 e. The number of rotatable bonds is 9. The van der Waals surface area contributed by atoms with Crippen molar-refractivity contribution in [1.29, 1.82) is 0 Å². The van der Waals surface area contributed by atoms with Gasteiger partial charge in [0, 0.05) is 12.1 Å². The molecule has 0 bridgehead atoms. The molecule has 0 aliphatic heterocycles. The molecule has 0 unspecified atom stereocenters. The van der Waals surface area contributed by atoms with Gasteiger partial charge >= 0.3 is 12.3 Å². The predicted molar refractivity (Wildman–Crippen MR) is 127 cm³/mol. The fourth-order valence-corrected chi connectivity index (χ4v) is 4.07. The van der Waals surface area contributed by atoms with Crippen molar-refractivity contribution in [3.63, 3.8) is 0 Å². The van der Waals surface area contributed by atoms with Crippen molar-refractivity contribution in [2.24, 2.45) is 0 Å². The Hall–Kier alpha value is -4.01. The fourth-order valence-electron chi connectivity index (χ4n) is 4.07. The summed E-state index contributed by atoms with van der Waals surface area (Å²) in [6, 6.07) is 21.1. The Kier molecular flexibility index (Phi) is 6.95. The van der Waals surface area contributed by atoms with E-state index in [2.05, 4.69) is 21.5 Å². The van der Waals surface area contributed by atoms with E-state index in [1.165, 1.54) is 24.3 Å². The minimum atomic E-state index is -4.76. The molecule has 0 saturated carbocycles. The second kappa shape index (κ2) is 10.1. The van der Waals surface area contributed by atoms with E-state index in [0.29, 0.717) is 23.6 Å². The number of imidazole rings is 1. The molecule has 9 heteroatoms. The number of ether oxygens (including phenoxy) is 1. The van der Waals surface area contributed by atoms with Crippen molar-refractivity contribution in [3.05, 3.63) is 83.9 Å². The van der Waals surface area contributed by atoms with Crippen molar-refractivity contribution in [1.82, 2.24) is 9.55 Å². The highest BCUT2D eigenvalue weighted by Crippen LogP contribution is 2.33. The summed E-state index contributed by atoms with van der Waals surface area (Å²) in [7, 11) is 0. The number of halogens is 3. The molecule has 6 nitrogen and oxygen atoms in total. The maximum atomic E-state index is 12.5. The third-order valence-corrected chi connectivity index (χ3v) is 5.61. The zero-order chi connectivity index (χ0) is 25.0. The quantitative estimate of drug-likeness (QED) is 0.277. The van der Waals surface area contributed by atoms with Crippen LogP contribution in [-0.2, 0) is 11.2 Å². The van der Waals surface area contributed by atoms with Gasteiger partial charge in [-0.15, -0.1) is 13.2 Å². The lowest BCUT2D eigenvalue weighted by atomic mass is 10.0. The van der Waals surface area contributed by atoms with Crippen LogP contribution in [0.5, 0.6) is 5.75 Å². The molecule has 3 aromatic carbocycles. The van der Waals surface area contributed by atoms with Gasteiger partial charge in [0.25, 0.3) is 0 Å². The van der Waals surface area contributed by atoms with Crippen LogP contribution in [0.25, 0.3) is 11.0 Å². The number of hydrogen-bond donors (Lipinski definition) is 2. The number of carbonyl (C=O) groups is 1. The lowest BCUT2D eigenvalue weighted by molar-refractivity contribution is -0.274. The zero-order valence-electron chi connectivity index (χ0n) is 18.9. The third-order valence-electron chi connectivity index (χ3n) is 5.61. The Bertz CT molecular complexity index is 1300. The first kappa shape index (κ1) is 24.1. The standard InChI is InChI=1S/C26H24F3N3O3/c1-2-22(18-6-4-3-5-7-18)32-23-14-8-17(9-15-24(33)34)16-21(23)31-25(32)30-19-10-12-20(13-11-19)35-26(27,28)29/h3-8,10-14,16,22H,2,9,15H2,1H3,(H,30,31)(H,33,34)/t22-/m0/s1. The number of alkyl halides is 3. The molecule has 0 fully saturated rings. The minimum absolute atomic E-state index is 0.0191. The number of nitrogens with one attached hydrogen (secondary N) is 1. The Labute approximate surface area is 200 Å². The first-order chi connectivity index (χ1) is 16.7. The van der Waals surface area contributed by atoms with Crippen LogP contribution in [0, 0.1) is 0 Å². The zero-order valence-corrected chi connectivity index (χ0v) is 18.9. The average molecular weight is 483 g/mol. The van der Waals surface area contributed by atoms with Crippen LogP contribution in [0.1, 0.15) is 36.9 Å². The highest BCUT2D eigenvalue weighted by molar-refractivity contribution is 5.81. The molecular weight excluding hydrogens is 459 g/mol. The van der Waals surface area contributed by atoms with Crippen LogP contribution in [0.3, 0.4) is 0 Å². The van der Waals surface area contributed by atoms with Gasteiger partial charge in [0.1, 0.15) is 5.75 Å². The minimum Gasteiger partial charge on any atom is -0.481 e. The van der Waals surface area contributed by atoms with E-state index in [4.69, 9.17) is 10.1 Å². The lowest BCUT2D eigenvalue weighted by Crippen LogP contribution is -2.17. The van der Waals surface area contributed by atoms with Gasteiger partial charge in [-0.25, -0.2) is 4.98 Å². The predicted octanol–water partition coefficient (Wildman–Crippen LogP) is 6.70. The number of carboxylic acids is 1. The number of carboxylic acid groups (broad SMARTS) is 1. The molecule has 0 aliphatic rings. The highest BCUT2D eigenvalue weighted by Gasteiger charge is 2.31. The van der Waals surface area contributed by atoms with Crippen LogP contribution in [0.4, 0.5) is 24.8 Å². The van der Waals surface area contributed by atoms with Gasteiger partial charge in [0.2, 0.25) is 5.95 Å². The molecule has 1 atom stereocenters. The number of nitrogens with zero attached hydrogens (tertiary/aromatic N) is 2. The van der Waals surface area contributed by atoms with Crippen LogP contribution < -0.4 is 10.1 Å². The first-order valence-corrected chi connectivity index (χ1v) is 11.1. The summed E-state index contributed by atoms with van der Waals surface area (Å²) in [6.07, 6.45) is -3.59. The van der Waals surface area contributed by atoms with E-state index in [-0.39, 0.29) is 18.2 Å². The number of aliphatic carboxylic acids is 1. The number of aromatic nitrogens is 2. The summed E-state index contributed by atoms with van der Waals surface area (Å²) in [5.74, 6) is -0.656. The summed E-state index contributed by atoms with van der Waals surface area (Å²) < 4.78 is 43.5. The van der Waals surface area contributed by atoms with E-state index in [0.717, 1.165) is 23.1 Å². The van der Waals surface area contributed by atoms with Crippen molar-refractivity contribution in [3.8, 4) is 5.75 Å². The SMILES string of the molecule is CC[C@@H](c1ccccc1)n1c(Nc2ccc(OC(F)(F)F)cc2)nc2cc(CCC(=O)O)ccc21.